The van der Waals surface area contributed by atoms with Crippen LogP contribution in [0.15, 0.2) is 53.5 Å². The molecule has 1 amide bonds. The van der Waals surface area contributed by atoms with E-state index in [2.05, 4.69) is 21.7 Å². The summed E-state index contributed by atoms with van der Waals surface area (Å²) in [6.07, 6.45) is 2.56. The zero-order chi connectivity index (χ0) is 21.3. The number of para-hydroxylation sites is 1. The van der Waals surface area contributed by atoms with Crippen molar-refractivity contribution in [1.29, 1.82) is 0 Å². The topological polar surface area (TPSA) is 66.0 Å². The maximum Gasteiger partial charge on any atom is 0.253 e. The number of hydrogen-bond acceptors (Lipinski definition) is 3. The Morgan fingerprint density at radius 1 is 1.10 bits per heavy atom. The highest BCUT2D eigenvalue weighted by molar-refractivity contribution is 14.0. The number of rotatable bonds is 9. The molecule has 3 rings (SSSR count). The Labute approximate surface area is 202 Å². The molecular formula is C24H33IN4O2. The molecule has 31 heavy (non-hydrogen) atoms. The Bertz CT molecular complexity index is 864. The molecule has 1 fully saturated rings. The van der Waals surface area contributed by atoms with E-state index >= 15 is 0 Å². The molecule has 2 aromatic rings. The number of aliphatic imine (C=N–C) groups is 1. The third kappa shape index (κ3) is 8.05. The Balaban J connectivity index is 0.00000341. The first-order valence-corrected chi connectivity index (χ1v) is 10.6. The van der Waals surface area contributed by atoms with E-state index in [1.165, 1.54) is 12.8 Å². The maximum absolute atomic E-state index is 12.0. The first-order chi connectivity index (χ1) is 14.6. The van der Waals surface area contributed by atoms with E-state index in [1.807, 2.05) is 49.4 Å². The summed E-state index contributed by atoms with van der Waals surface area (Å²) in [7, 11) is 3.51. The quantitative estimate of drug-likeness (QED) is 0.289. The van der Waals surface area contributed by atoms with Gasteiger partial charge in [0.2, 0.25) is 0 Å². The van der Waals surface area contributed by atoms with Gasteiger partial charge >= 0.3 is 0 Å². The normalized spacial score (nSPS) is 13.2. The number of nitrogens with zero attached hydrogens (tertiary/aromatic N) is 2. The van der Waals surface area contributed by atoms with Crippen LogP contribution in [0.2, 0.25) is 0 Å². The van der Waals surface area contributed by atoms with Crippen molar-refractivity contribution in [3.8, 4) is 5.75 Å². The third-order valence-corrected chi connectivity index (χ3v) is 4.96. The summed E-state index contributed by atoms with van der Waals surface area (Å²) < 4.78 is 6.00. The molecule has 2 N–H and O–H groups in total. The van der Waals surface area contributed by atoms with Crippen molar-refractivity contribution in [3.63, 3.8) is 0 Å². The smallest absolute Gasteiger partial charge is 0.253 e. The lowest BCUT2D eigenvalue weighted by atomic mass is 10.1. The van der Waals surface area contributed by atoms with Crippen molar-refractivity contribution < 1.29 is 9.53 Å². The van der Waals surface area contributed by atoms with Gasteiger partial charge in [-0.3, -0.25) is 4.79 Å². The molecule has 6 nitrogen and oxygen atoms in total. The number of amides is 1. The second-order valence-electron chi connectivity index (χ2n) is 7.81. The van der Waals surface area contributed by atoms with E-state index in [1.54, 1.807) is 19.0 Å². The van der Waals surface area contributed by atoms with Crippen molar-refractivity contribution in [2.75, 3.05) is 27.2 Å². The number of carbonyl (C=O) groups is 1. The Hall–Kier alpha value is -2.29. The van der Waals surface area contributed by atoms with E-state index < -0.39 is 0 Å². The number of benzene rings is 2. The van der Waals surface area contributed by atoms with Gasteiger partial charge in [-0.2, -0.15) is 0 Å². The fourth-order valence-electron chi connectivity index (χ4n) is 2.98. The van der Waals surface area contributed by atoms with Gasteiger partial charge in [0.25, 0.3) is 5.91 Å². The molecular weight excluding hydrogens is 503 g/mol. The highest BCUT2D eigenvalue weighted by Gasteiger charge is 2.22. The number of carbonyl (C=O) groups excluding carboxylic acids is 1. The lowest BCUT2D eigenvalue weighted by molar-refractivity contribution is 0.0827. The number of ether oxygens (including phenoxy) is 1. The lowest BCUT2D eigenvalue weighted by Crippen LogP contribution is -2.36. The minimum atomic E-state index is 0. The summed E-state index contributed by atoms with van der Waals surface area (Å²) >= 11 is 0. The van der Waals surface area contributed by atoms with Gasteiger partial charge in [-0.1, -0.05) is 30.3 Å². The Kier molecular flexibility index (Phi) is 10.1. The lowest BCUT2D eigenvalue weighted by Gasteiger charge is -2.15. The molecule has 0 saturated heterocycles. The SMILES string of the molecule is CCNC(=NCc1ccc(C(=O)N(C)C)cc1)NCc1ccccc1OCC1CC1.I. The highest BCUT2D eigenvalue weighted by Crippen LogP contribution is 2.30. The van der Waals surface area contributed by atoms with Crippen LogP contribution >= 0.6 is 24.0 Å². The molecule has 0 heterocycles. The molecule has 0 bridgehead atoms. The minimum absolute atomic E-state index is 0. The van der Waals surface area contributed by atoms with Crippen LogP contribution in [-0.4, -0.2) is 44.0 Å². The fraction of sp³-hybridized carbons (Fsp3) is 0.417. The van der Waals surface area contributed by atoms with Crippen LogP contribution in [0.4, 0.5) is 0 Å². The van der Waals surface area contributed by atoms with E-state index in [0.717, 1.165) is 41.9 Å². The van der Waals surface area contributed by atoms with E-state index in [4.69, 9.17) is 4.74 Å². The monoisotopic (exact) mass is 536 g/mol. The molecule has 2 aromatic carbocycles. The van der Waals surface area contributed by atoms with Crippen molar-refractivity contribution in [2.24, 2.45) is 10.9 Å². The van der Waals surface area contributed by atoms with Gasteiger partial charge in [0, 0.05) is 38.3 Å². The van der Waals surface area contributed by atoms with Crippen molar-refractivity contribution in [3.05, 3.63) is 65.2 Å². The summed E-state index contributed by atoms with van der Waals surface area (Å²) in [4.78, 5) is 18.3. The van der Waals surface area contributed by atoms with Crippen LogP contribution in [0.25, 0.3) is 0 Å². The minimum Gasteiger partial charge on any atom is -0.493 e. The van der Waals surface area contributed by atoms with Gasteiger partial charge in [0.05, 0.1) is 13.2 Å². The van der Waals surface area contributed by atoms with Gasteiger partial charge in [0.1, 0.15) is 5.75 Å². The zero-order valence-corrected chi connectivity index (χ0v) is 20.9. The van der Waals surface area contributed by atoms with E-state index in [0.29, 0.717) is 18.7 Å². The summed E-state index contributed by atoms with van der Waals surface area (Å²) in [5.41, 5.74) is 2.85. The zero-order valence-electron chi connectivity index (χ0n) is 18.6. The van der Waals surface area contributed by atoms with Gasteiger partial charge in [-0.15, -0.1) is 24.0 Å². The van der Waals surface area contributed by atoms with Crippen molar-refractivity contribution >= 4 is 35.8 Å². The average molecular weight is 536 g/mol. The predicted octanol–water partition coefficient (Wildman–Crippen LogP) is 4.05. The molecule has 0 atom stereocenters. The number of halogens is 1. The Morgan fingerprint density at radius 2 is 1.81 bits per heavy atom. The molecule has 7 heteroatoms. The largest absolute Gasteiger partial charge is 0.493 e. The van der Waals surface area contributed by atoms with Crippen LogP contribution < -0.4 is 15.4 Å². The number of nitrogens with one attached hydrogen (secondary N) is 2. The second kappa shape index (κ2) is 12.5. The molecule has 168 valence electrons. The molecule has 0 radical (unpaired) electrons. The van der Waals surface area contributed by atoms with E-state index in [-0.39, 0.29) is 29.9 Å². The van der Waals surface area contributed by atoms with Crippen LogP contribution in [0, 0.1) is 5.92 Å². The summed E-state index contributed by atoms with van der Waals surface area (Å²) in [6.45, 7) is 4.81. The van der Waals surface area contributed by atoms with Crippen LogP contribution in [0.3, 0.4) is 0 Å². The second-order valence-corrected chi connectivity index (χ2v) is 7.81. The highest BCUT2D eigenvalue weighted by atomic mass is 127. The van der Waals surface area contributed by atoms with Gasteiger partial charge in [0.15, 0.2) is 5.96 Å². The Morgan fingerprint density at radius 3 is 2.45 bits per heavy atom. The first-order valence-electron chi connectivity index (χ1n) is 10.6. The van der Waals surface area contributed by atoms with Crippen LogP contribution in [-0.2, 0) is 13.1 Å². The van der Waals surface area contributed by atoms with Crippen molar-refractivity contribution in [2.45, 2.75) is 32.9 Å². The summed E-state index contributed by atoms with van der Waals surface area (Å²) in [6, 6.07) is 15.7. The molecule has 0 unspecified atom stereocenters. The van der Waals surface area contributed by atoms with Crippen LogP contribution in [0.5, 0.6) is 5.75 Å². The van der Waals surface area contributed by atoms with Crippen molar-refractivity contribution in [1.82, 2.24) is 15.5 Å². The van der Waals surface area contributed by atoms with Gasteiger partial charge in [-0.25, -0.2) is 4.99 Å². The predicted molar refractivity (Wildman–Crippen MR) is 136 cm³/mol. The molecule has 1 aliphatic carbocycles. The molecule has 1 saturated carbocycles. The van der Waals surface area contributed by atoms with Gasteiger partial charge in [-0.05, 0) is 49.4 Å². The molecule has 1 aliphatic rings. The third-order valence-electron chi connectivity index (χ3n) is 4.96. The van der Waals surface area contributed by atoms with Crippen LogP contribution in [0.1, 0.15) is 41.3 Å². The average Bonchev–Trinajstić information content (AvgIpc) is 3.59. The molecule has 0 aliphatic heterocycles. The standard InChI is InChI=1S/C24H32N4O2.HI/c1-4-25-24(26-15-18-11-13-20(14-12-18)23(29)28(2)3)27-16-21-7-5-6-8-22(21)30-17-19-9-10-19;/h5-8,11-14,19H,4,9-10,15-17H2,1-3H3,(H2,25,26,27);1H. The summed E-state index contributed by atoms with van der Waals surface area (Å²) in [5, 5.41) is 6.68. The molecule has 0 aromatic heterocycles. The summed E-state index contributed by atoms with van der Waals surface area (Å²) in [5.74, 6) is 2.42. The fourth-order valence-corrected chi connectivity index (χ4v) is 2.98. The number of hydrogen-bond donors (Lipinski definition) is 2. The number of guanidine groups is 1. The first kappa shape index (κ1) is 25.0. The molecule has 0 spiro atoms. The maximum atomic E-state index is 12.0. The van der Waals surface area contributed by atoms with Gasteiger partial charge < -0.3 is 20.3 Å². The van der Waals surface area contributed by atoms with E-state index in [9.17, 15) is 4.79 Å².